The standard InChI is InChI=1S/C22H29N3O3/c1-2-3-8-24-20(27)19-11-18(26)12-25(19)22(21(24)28)13-23(14-22)17-9-15-6-4-5-7-16(15)10-17/h4-7,17-19,26H,2-3,8-14H2,1H3. The normalized spacial score (nSPS) is 30.0. The fraction of sp³-hybridized carbons (Fsp3) is 0.636. The van der Waals surface area contributed by atoms with Crippen molar-refractivity contribution in [3.8, 4) is 0 Å². The molecule has 3 saturated heterocycles. The average Bonchev–Trinajstić information content (AvgIpc) is 3.24. The summed E-state index contributed by atoms with van der Waals surface area (Å²) in [6, 6.07) is 8.69. The predicted octanol–water partition coefficient (Wildman–Crippen LogP) is 0.812. The zero-order valence-corrected chi connectivity index (χ0v) is 16.5. The number of unbranched alkanes of at least 4 members (excludes halogenated alkanes) is 1. The van der Waals surface area contributed by atoms with Gasteiger partial charge in [-0.1, -0.05) is 37.6 Å². The first kappa shape index (κ1) is 18.3. The Balaban J connectivity index is 1.36. The van der Waals surface area contributed by atoms with Crippen LogP contribution in [0, 0.1) is 0 Å². The van der Waals surface area contributed by atoms with Crippen LogP contribution in [0.5, 0.6) is 0 Å². The second-order valence-electron chi connectivity index (χ2n) is 8.97. The summed E-state index contributed by atoms with van der Waals surface area (Å²) in [7, 11) is 0. The van der Waals surface area contributed by atoms with E-state index in [2.05, 4.69) is 36.1 Å². The van der Waals surface area contributed by atoms with Crippen LogP contribution in [0.2, 0.25) is 0 Å². The van der Waals surface area contributed by atoms with Gasteiger partial charge < -0.3 is 5.11 Å². The van der Waals surface area contributed by atoms with Gasteiger partial charge in [-0.15, -0.1) is 0 Å². The molecule has 3 heterocycles. The van der Waals surface area contributed by atoms with Crippen molar-refractivity contribution in [2.75, 3.05) is 26.2 Å². The number of likely N-dealkylation sites (tertiary alicyclic amines) is 1. The third-order valence-corrected chi connectivity index (χ3v) is 7.23. The van der Waals surface area contributed by atoms with E-state index in [9.17, 15) is 14.7 Å². The highest BCUT2D eigenvalue weighted by Gasteiger charge is 2.64. The van der Waals surface area contributed by atoms with E-state index in [0.29, 0.717) is 38.6 Å². The predicted molar refractivity (Wildman–Crippen MR) is 105 cm³/mol. The highest BCUT2D eigenvalue weighted by molar-refractivity contribution is 6.06. The molecule has 1 spiro atoms. The molecule has 1 aromatic carbocycles. The molecule has 2 atom stereocenters. The Morgan fingerprint density at radius 1 is 1.14 bits per heavy atom. The SMILES string of the molecule is CCCCN1C(=O)C2CC(O)CN2C2(CN(C3Cc4ccccc4C3)C2)C1=O. The van der Waals surface area contributed by atoms with Crippen LogP contribution in [-0.4, -0.2) is 81.5 Å². The molecule has 2 amide bonds. The molecule has 1 aromatic rings. The van der Waals surface area contributed by atoms with Crippen molar-refractivity contribution in [3.05, 3.63) is 35.4 Å². The number of hydrogen-bond donors (Lipinski definition) is 1. The fourth-order valence-electron chi connectivity index (χ4n) is 5.70. The summed E-state index contributed by atoms with van der Waals surface area (Å²) < 4.78 is 0. The number of carbonyl (C=O) groups is 2. The van der Waals surface area contributed by atoms with Crippen molar-refractivity contribution >= 4 is 11.8 Å². The van der Waals surface area contributed by atoms with Crippen molar-refractivity contribution < 1.29 is 14.7 Å². The van der Waals surface area contributed by atoms with Crippen LogP contribution >= 0.6 is 0 Å². The Kier molecular flexibility index (Phi) is 4.34. The molecule has 5 rings (SSSR count). The van der Waals surface area contributed by atoms with Gasteiger partial charge in [0.15, 0.2) is 0 Å². The van der Waals surface area contributed by atoms with Gasteiger partial charge >= 0.3 is 0 Å². The number of β-amino-alcohol motifs (C(OH)–C–C–N with tert-alkyl or cyclic N) is 1. The van der Waals surface area contributed by atoms with Gasteiger partial charge in [0.1, 0.15) is 5.54 Å². The number of nitrogens with zero attached hydrogens (tertiary/aromatic N) is 3. The zero-order valence-electron chi connectivity index (χ0n) is 16.5. The second kappa shape index (κ2) is 6.65. The molecule has 1 N–H and O–H groups in total. The molecule has 2 unspecified atom stereocenters. The largest absolute Gasteiger partial charge is 0.392 e. The van der Waals surface area contributed by atoms with E-state index < -0.39 is 11.6 Å². The Morgan fingerprint density at radius 2 is 1.82 bits per heavy atom. The lowest BCUT2D eigenvalue weighted by atomic mass is 9.81. The summed E-state index contributed by atoms with van der Waals surface area (Å²) in [5.74, 6) is -0.143. The fourth-order valence-corrected chi connectivity index (χ4v) is 5.70. The van der Waals surface area contributed by atoms with Crippen molar-refractivity contribution in [3.63, 3.8) is 0 Å². The minimum Gasteiger partial charge on any atom is -0.392 e. The number of carbonyl (C=O) groups excluding carboxylic acids is 2. The van der Waals surface area contributed by atoms with Crippen LogP contribution in [-0.2, 0) is 22.4 Å². The summed E-state index contributed by atoms with van der Waals surface area (Å²) in [6.07, 6.45) is 3.79. The van der Waals surface area contributed by atoms with Gasteiger partial charge in [-0.3, -0.25) is 24.3 Å². The van der Waals surface area contributed by atoms with Gasteiger partial charge in [0, 0.05) is 32.2 Å². The molecule has 150 valence electrons. The van der Waals surface area contributed by atoms with E-state index in [1.807, 2.05) is 4.90 Å². The first-order valence-electron chi connectivity index (χ1n) is 10.6. The van der Waals surface area contributed by atoms with E-state index in [1.54, 1.807) is 0 Å². The minimum atomic E-state index is -0.626. The van der Waals surface area contributed by atoms with E-state index in [4.69, 9.17) is 0 Å². The number of aliphatic hydroxyl groups excluding tert-OH is 1. The molecule has 28 heavy (non-hydrogen) atoms. The Hall–Kier alpha value is -1.76. The number of piperazine rings is 1. The van der Waals surface area contributed by atoms with Crippen LogP contribution in [0.15, 0.2) is 24.3 Å². The summed E-state index contributed by atoms with van der Waals surface area (Å²) in [6.45, 7) is 4.35. The Labute approximate surface area is 166 Å². The number of imide groups is 1. The summed E-state index contributed by atoms with van der Waals surface area (Å²) in [5, 5.41) is 10.2. The first-order valence-corrected chi connectivity index (χ1v) is 10.6. The van der Waals surface area contributed by atoms with E-state index in [-0.39, 0.29) is 17.9 Å². The lowest BCUT2D eigenvalue weighted by molar-refractivity contribution is -0.182. The maximum absolute atomic E-state index is 13.4. The quantitative estimate of drug-likeness (QED) is 0.780. The molecular weight excluding hydrogens is 354 g/mol. The molecule has 3 aliphatic heterocycles. The highest BCUT2D eigenvalue weighted by Crippen LogP contribution is 2.42. The maximum Gasteiger partial charge on any atom is 0.252 e. The van der Waals surface area contributed by atoms with Crippen LogP contribution < -0.4 is 0 Å². The van der Waals surface area contributed by atoms with E-state index in [1.165, 1.54) is 16.0 Å². The van der Waals surface area contributed by atoms with Crippen LogP contribution in [0.1, 0.15) is 37.3 Å². The van der Waals surface area contributed by atoms with Gasteiger partial charge in [-0.25, -0.2) is 0 Å². The zero-order chi connectivity index (χ0) is 19.5. The van der Waals surface area contributed by atoms with Gasteiger partial charge in [0.2, 0.25) is 5.91 Å². The number of benzene rings is 1. The number of fused-ring (bicyclic) bond motifs is 3. The molecule has 0 aromatic heterocycles. The first-order chi connectivity index (χ1) is 13.5. The third kappa shape index (κ3) is 2.58. The van der Waals surface area contributed by atoms with E-state index in [0.717, 1.165) is 25.7 Å². The number of aliphatic hydroxyl groups is 1. The molecule has 0 saturated carbocycles. The van der Waals surface area contributed by atoms with Crippen LogP contribution in [0.4, 0.5) is 0 Å². The third-order valence-electron chi connectivity index (χ3n) is 7.23. The van der Waals surface area contributed by atoms with Crippen molar-refractivity contribution in [1.29, 1.82) is 0 Å². The van der Waals surface area contributed by atoms with Crippen LogP contribution in [0.25, 0.3) is 0 Å². The lowest BCUT2D eigenvalue weighted by Gasteiger charge is -2.60. The molecular formula is C22H29N3O3. The smallest absolute Gasteiger partial charge is 0.252 e. The van der Waals surface area contributed by atoms with Crippen molar-refractivity contribution in [2.45, 2.75) is 62.8 Å². The molecule has 3 fully saturated rings. The topological polar surface area (TPSA) is 64.1 Å². The van der Waals surface area contributed by atoms with Crippen molar-refractivity contribution in [1.82, 2.24) is 14.7 Å². The number of amides is 2. The second-order valence-corrected chi connectivity index (χ2v) is 8.97. The molecule has 1 aliphatic carbocycles. The van der Waals surface area contributed by atoms with Crippen molar-refractivity contribution in [2.24, 2.45) is 0 Å². The molecule has 6 heteroatoms. The molecule has 0 radical (unpaired) electrons. The minimum absolute atomic E-state index is 0.0388. The highest BCUT2D eigenvalue weighted by atomic mass is 16.3. The molecule has 4 aliphatic rings. The van der Waals surface area contributed by atoms with Gasteiger partial charge in [-0.05, 0) is 36.8 Å². The monoisotopic (exact) mass is 383 g/mol. The van der Waals surface area contributed by atoms with Crippen LogP contribution in [0.3, 0.4) is 0 Å². The summed E-state index contributed by atoms with van der Waals surface area (Å²) in [4.78, 5) is 32.3. The number of rotatable bonds is 4. The Morgan fingerprint density at radius 3 is 2.46 bits per heavy atom. The van der Waals surface area contributed by atoms with E-state index >= 15 is 0 Å². The maximum atomic E-state index is 13.4. The van der Waals surface area contributed by atoms with Gasteiger partial charge in [-0.2, -0.15) is 0 Å². The van der Waals surface area contributed by atoms with Gasteiger partial charge in [0.05, 0.1) is 12.1 Å². The van der Waals surface area contributed by atoms with Gasteiger partial charge in [0.25, 0.3) is 5.91 Å². The average molecular weight is 383 g/mol. The number of hydrogen-bond acceptors (Lipinski definition) is 5. The summed E-state index contributed by atoms with van der Waals surface area (Å²) >= 11 is 0. The Bertz CT molecular complexity index is 779. The molecule has 0 bridgehead atoms. The molecule has 6 nitrogen and oxygen atoms in total. The summed E-state index contributed by atoms with van der Waals surface area (Å²) in [5.41, 5.74) is 2.20. The lowest BCUT2D eigenvalue weighted by Crippen LogP contribution is -2.82.